The molecular formula is C28H28F2N6O5. The van der Waals surface area contributed by atoms with E-state index in [0.29, 0.717) is 43.1 Å². The number of likely N-dealkylation sites (N-methyl/N-ethyl adjacent to an activating group) is 1. The summed E-state index contributed by atoms with van der Waals surface area (Å²) in [6, 6.07) is 8.43. The molecule has 0 aliphatic carbocycles. The van der Waals surface area contributed by atoms with Gasteiger partial charge in [0.2, 0.25) is 11.6 Å². The normalized spacial score (nSPS) is 16.5. The van der Waals surface area contributed by atoms with Crippen molar-refractivity contribution in [3.05, 3.63) is 65.4 Å². The molecule has 41 heavy (non-hydrogen) atoms. The van der Waals surface area contributed by atoms with Crippen molar-refractivity contribution in [3.63, 3.8) is 0 Å². The Kier molecular flexibility index (Phi) is 7.60. The molecule has 0 radical (unpaired) electrons. The monoisotopic (exact) mass is 566 g/mol. The summed E-state index contributed by atoms with van der Waals surface area (Å²) in [5, 5.41) is 17.7. The number of benzene rings is 2. The van der Waals surface area contributed by atoms with E-state index in [2.05, 4.69) is 9.98 Å². The number of pyridine rings is 1. The number of nitrogen functional groups attached to an aromatic ring is 1. The molecule has 2 aliphatic heterocycles. The van der Waals surface area contributed by atoms with E-state index in [9.17, 15) is 14.3 Å². The molecule has 0 saturated carbocycles. The van der Waals surface area contributed by atoms with Crippen LogP contribution in [0.2, 0.25) is 0 Å². The molecule has 11 nitrogen and oxygen atoms in total. The zero-order chi connectivity index (χ0) is 29.3. The molecule has 0 spiro atoms. The SMILES string of the molecule is COC(=O)C1CCCN1c1ccc(Oc2c(F)cnc(Oc3cc(C(=N)N)ccc3O)c2F)c(C2=NCCN2C)c1. The number of phenols is 1. The Morgan fingerprint density at radius 3 is 2.66 bits per heavy atom. The molecule has 13 heteroatoms. The molecule has 3 heterocycles. The van der Waals surface area contributed by atoms with Crippen LogP contribution in [0.4, 0.5) is 14.5 Å². The number of amidine groups is 2. The van der Waals surface area contributed by atoms with Gasteiger partial charge in [0.15, 0.2) is 17.3 Å². The number of phenolic OH excluding ortho intramolecular Hbond substituents is 1. The predicted octanol–water partition coefficient (Wildman–Crippen LogP) is 3.77. The van der Waals surface area contributed by atoms with Gasteiger partial charge in [-0.2, -0.15) is 4.39 Å². The van der Waals surface area contributed by atoms with Gasteiger partial charge in [0, 0.05) is 31.4 Å². The molecular weight excluding hydrogens is 538 g/mol. The van der Waals surface area contributed by atoms with Gasteiger partial charge in [0.25, 0.3) is 5.88 Å². The Hall–Kier alpha value is -4.94. The summed E-state index contributed by atoms with van der Waals surface area (Å²) >= 11 is 0. The van der Waals surface area contributed by atoms with Gasteiger partial charge in [-0.1, -0.05) is 0 Å². The number of rotatable bonds is 8. The van der Waals surface area contributed by atoms with E-state index in [1.807, 2.05) is 16.8 Å². The van der Waals surface area contributed by atoms with Crippen molar-refractivity contribution in [2.24, 2.45) is 10.7 Å². The van der Waals surface area contributed by atoms with Crippen molar-refractivity contribution in [2.75, 3.05) is 38.7 Å². The molecule has 1 fully saturated rings. The van der Waals surface area contributed by atoms with Crippen LogP contribution in [0.1, 0.15) is 24.0 Å². The van der Waals surface area contributed by atoms with Crippen molar-refractivity contribution >= 4 is 23.3 Å². The van der Waals surface area contributed by atoms with Crippen LogP contribution < -0.4 is 20.1 Å². The lowest BCUT2D eigenvalue weighted by Crippen LogP contribution is -2.37. The van der Waals surface area contributed by atoms with Crippen LogP contribution in [0.5, 0.6) is 28.9 Å². The maximum absolute atomic E-state index is 15.6. The summed E-state index contributed by atoms with van der Waals surface area (Å²) in [6.07, 6.45) is 2.18. The number of nitrogens with two attached hydrogens (primary N) is 1. The Bertz CT molecular complexity index is 1550. The number of nitrogens with zero attached hydrogens (tertiary/aromatic N) is 4. The Morgan fingerprint density at radius 2 is 1.95 bits per heavy atom. The molecule has 2 aliphatic rings. The first-order valence-electron chi connectivity index (χ1n) is 12.8. The van der Waals surface area contributed by atoms with E-state index < -0.39 is 29.3 Å². The van der Waals surface area contributed by atoms with Crippen molar-refractivity contribution in [1.82, 2.24) is 9.88 Å². The van der Waals surface area contributed by atoms with Gasteiger partial charge < -0.3 is 34.9 Å². The summed E-state index contributed by atoms with van der Waals surface area (Å²) < 4.78 is 46.7. The second-order valence-corrected chi connectivity index (χ2v) is 9.54. The van der Waals surface area contributed by atoms with Crippen LogP contribution in [0, 0.1) is 17.0 Å². The Morgan fingerprint density at radius 1 is 1.15 bits per heavy atom. The number of halogens is 2. The third kappa shape index (κ3) is 5.42. The van der Waals surface area contributed by atoms with Gasteiger partial charge in [-0.25, -0.2) is 14.2 Å². The second-order valence-electron chi connectivity index (χ2n) is 9.54. The van der Waals surface area contributed by atoms with Crippen LogP contribution in [-0.2, 0) is 9.53 Å². The first kappa shape index (κ1) is 27.6. The maximum Gasteiger partial charge on any atom is 0.328 e. The number of hydrogen-bond acceptors (Lipinski definition) is 10. The largest absolute Gasteiger partial charge is 0.504 e. The quantitative estimate of drug-likeness (QED) is 0.211. The molecule has 4 N–H and O–H groups in total. The number of nitrogens with one attached hydrogen (secondary N) is 1. The Balaban J connectivity index is 1.52. The van der Waals surface area contributed by atoms with Gasteiger partial charge in [-0.3, -0.25) is 10.4 Å². The lowest BCUT2D eigenvalue weighted by atomic mass is 10.1. The highest BCUT2D eigenvalue weighted by Gasteiger charge is 2.33. The molecule has 1 atom stereocenters. The number of carbonyl (C=O) groups is 1. The van der Waals surface area contributed by atoms with E-state index in [1.54, 1.807) is 18.2 Å². The fourth-order valence-electron chi connectivity index (χ4n) is 4.82. The average Bonchev–Trinajstić information content (AvgIpc) is 3.62. The maximum atomic E-state index is 15.6. The van der Waals surface area contributed by atoms with Gasteiger partial charge in [0.1, 0.15) is 23.5 Å². The van der Waals surface area contributed by atoms with Crippen molar-refractivity contribution < 1.29 is 32.9 Å². The van der Waals surface area contributed by atoms with Crippen molar-refractivity contribution in [3.8, 4) is 28.9 Å². The molecule has 3 aromatic rings. The molecule has 0 amide bonds. The third-order valence-corrected chi connectivity index (χ3v) is 6.91. The molecule has 214 valence electrons. The summed E-state index contributed by atoms with van der Waals surface area (Å²) in [6.45, 7) is 1.81. The first-order chi connectivity index (χ1) is 19.7. The number of hydrogen-bond donors (Lipinski definition) is 3. The predicted molar refractivity (Wildman–Crippen MR) is 146 cm³/mol. The number of esters is 1. The lowest BCUT2D eigenvalue weighted by Gasteiger charge is -2.26. The summed E-state index contributed by atoms with van der Waals surface area (Å²) in [5.41, 5.74) is 6.89. The second kappa shape index (κ2) is 11.3. The van der Waals surface area contributed by atoms with Crippen LogP contribution in [-0.4, -0.2) is 72.5 Å². The minimum absolute atomic E-state index is 0.117. The molecule has 5 rings (SSSR count). The standard InChI is InChI=1S/C28H28F2N6O5/c1-35-11-9-33-26(35)17-13-16(36-10-3-4-19(36)28(38)39-2)6-8-21(17)40-24-18(29)14-34-27(23(24)30)41-22-12-15(25(31)32)5-7-20(22)37/h5-8,12-14,19,37H,3-4,9-11H2,1-2H3,(H3,31,32). The molecule has 1 unspecified atom stereocenters. The molecule has 1 saturated heterocycles. The highest BCUT2D eigenvalue weighted by molar-refractivity contribution is 6.03. The molecule has 0 bridgehead atoms. The zero-order valence-electron chi connectivity index (χ0n) is 22.4. The van der Waals surface area contributed by atoms with E-state index in [4.69, 9.17) is 25.4 Å². The Labute approximate surface area is 234 Å². The summed E-state index contributed by atoms with van der Waals surface area (Å²) in [4.78, 5) is 24.4. The van der Waals surface area contributed by atoms with Gasteiger partial charge >= 0.3 is 5.97 Å². The highest BCUT2D eigenvalue weighted by Crippen LogP contribution is 2.39. The smallest absolute Gasteiger partial charge is 0.328 e. The number of aromatic nitrogens is 1. The van der Waals surface area contributed by atoms with Crippen molar-refractivity contribution in [1.29, 1.82) is 5.41 Å². The zero-order valence-corrected chi connectivity index (χ0v) is 22.4. The van der Waals surface area contributed by atoms with Crippen molar-refractivity contribution in [2.45, 2.75) is 18.9 Å². The lowest BCUT2D eigenvalue weighted by molar-refractivity contribution is -0.141. The number of ether oxygens (including phenoxy) is 3. The molecule has 2 aromatic carbocycles. The minimum atomic E-state index is -1.25. The number of carbonyl (C=O) groups excluding carboxylic acids is 1. The average molecular weight is 567 g/mol. The summed E-state index contributed by atoms with van der Waals surface area (Å²) in [7, 11) is 3.19. The fraction of sp³-hybridized carbons (Fsp3) is 0.286. The van der Waals surface area contributed by atoms with E-state index >= 15 is 4.39 Å². The summed E-state index contributed by atoms with van der Waals surface area (Å²) in [5.74, 6) is -4.33. The highest BCUT2D eigenvalue weighted by atomic mass is 19.1. The van der Waals surface area contributed by atoms with Crippen LogP contribution in [0.25, 0.3) is 0 Å². The third-order valence-electron chi connectivity index (χ3n) is 6.91. The van der Waals surface area contributed by atoms with Crippen LogP contribution in [0.3, 0.4) is 0 Å². The minimum Gasteiger partial charge on any atom is -0.504 e. The van der Waals surface area contributed by atoms with Gasteiger partial charge in [0.05, 0.1) is 25.4 Å². The number of aliphatic imine (C=N–C) groups is 1. The first-order valence-corrected chi connectivity index (χ1v) is 12.8. The van der Waals surface area contributed by atoms with Gasteiger partial charge in [-0.05, 0) is 49.2 Å². The van der Waals surface area contributed by atoms with E-state index in [1.165, 1.54) is 25.3 Å². The van der Waals surface area contributed by atoms with Crippen LogP contribution >= 0.6 is 0 Å². The van der Waals surface area contributed by atoms with Crippen LogP contribution in [0.15, 0.2) is 47.6 Å². The number of methoxy groups -OCH3 is 1. The molecule has 1 aromatic heterocycles. The van der Waals surface area contributed by atoms with E-state index in [0.717, 1.165) is 12.6 Å². The fourth-order valence-corrected chi connectivity index (χ4v) is 4.82. The number of aromatic hydroxyl groups is 1. The number of anilines is 1. The van der Waals surface area contributed by atoms with E-state index in [-0.39, 0.29) is 34.6 Å². The van der Waals surface area contributed by atoms with Gasteiger partial charge in [-0.15, -0.1) is 0 Å². The topological polar surface area (TPSA) is 147 Å².